The van der Waals surface area contributed by atoms with Gasteiger partial charge < -0.3 is 5.32 Å². The molecule has 0 saturated heterocycles. The molecule has 1 saturated carbocycles. The highest BCUT2D eigenvalue weighted by atomic mass is 79.9. The molecule has 1 aliphatic carbocycles. The fourth-order valence-electron chi connectivity index (χ4n) is 3.43. The van der Waals surface area contributed by atoms with Gasteiger partial charge in [0.1, 0.15) is 5.82 Å². The smallest absolute Gasteiger partial charge is 0.259 e. The van der Waals surface area contributed by atoms with Gasteiger partial charge in [-0.3, -0.25) is 14.5 Å². The summed E-state index contributed by atoms with van der Waals surface area (Å²) in [5, 5.41) is 2.98. The molecule has 1 N–H and O–H groups in total. The van der Waals surface area contributed by atoms with E-state index in [2.05, 4.69) is 26.2 Å². The summed E-state index contributed by atoms with van der Waals surface area (Å²) in [6.45, 7) is 2.42. The second kappa shape index (κ2) is 9.13. The Labute approximate surface area is 168 Å². The number of aromatic nitrogens is 1. The van der Waals surface area contributed by atoms with E-state index in [9.17, 15) is 9.59 Å². The maximum absolute atomic E-state index is 13.0. The number of carbonyl (C=O) groups is 2. The summed E-state index contributed by atoms with van der Waals surface area (Å²) in [4.78, 5) is 31.4. The molecule has 0 aliphatic heterocycles. The van der Waals surface area contributed by atoms with Crippen molar-refractivity contribution in [2.24, 2.45) is 5.92 Å². The first-order chi connectivity index (χ1) is 13.1. The van der Waals surface area contributed by atoms with Crippen molar-refractivity contribution >= 4 is 39.2 Å². The molecule has 142 valence electrons. The molecular formula is C21H24BrN3O2. The van der Waals surface area contributed by atoms with Crippen molar-refractivity contribution in [1.82, 2.24) is 4.98 Å². The number of anilines is 2. The molecule has 0 bridgehead atoms. The van der Waals surface area contributed by atoms with Crippen molar-refractivity contribution in [2.45, 2.75) is 39.0 Å². The standard InChI is InChI=1S/C21H24BrN3O2/c1-2-25(19-12-11-17(22)14-23-19)21(27)16-9-6-10-18(13-16)24-20(26)15-7-4-3-5-8-15/h6,9-15H,2-5,7-8H2,1H3,(H,24,26). The second-order valence-electron chi connectivity index (χ2n) is 6.79. The summed E-state index contributed by atoms with van der Waals surface area (Å²) in [7, 11) is 0. The molecule has 1 aromatic heterocycles. The van der Waals surface area contributed by atoms with E-state index < -0.39 is 0 Å². The van der Waals surface area contributed by atoms with E-state index in [1.807, 2.05) is 19.1 Å². The molecule has 2 amide bonds. The van der Waals surface area contributed by atoms with Gasteiger partial charge in [-0.25, -0.2) is 4.98 Å². The number of hydrogen-bond donors (Lipinski definition) is 1. The fraction of sp³-hybridized carbons (Fsp3) is 0.381. The monoisotopic (exact) mass is 429 g/mol. The van der Waals surface area contributed by atoms with E-state index in [1.165, 1.54) is 6.42 Å². The van der Waals surface area contributed by atoms with Crippen LogP contribution in [0.25, 0.3) is 0 Å². The molecule has 0 atom stereocenters. The first-order valence-electron chi connectivity index (χ1n) is 9.43. The van der Waals surface area contributed by atoms with Crippen LogP contribution < -0.4 is 10.2 Å². The summed E-state index contributed by atoms with van der Waals surface area (Å²) in [6, 6.07) is 10.8. The molecule has 5 nitrogen and oxygen atoms in total. The van der Waals surface area contributed by atoms with Gasteiger partial charge >= 0.3 is 0 Å². The van der Waals surface area contributed by atoms with Crippen LogP contribution in [0.15, 0.2) is 47.1 Å². The predicted molar refractivity (Wildman–Crippen MR) is 111 cm³/mol. The number of halogens is 1. The lowest BCUT2D eigenvalue weighted by Gasteiger charge is -2.22. The zero-order valence-corrected chi connectivity index (χ0v) is 17.0. The van der Waals surface area contributed by atoms with Crippen molar-refractivity contribution < 1.29 is 9.59 Å². The number of carbonyl (C=O) groups excluding carboxylic acids is 2. The first-order valence-corrected chi connectivity index (χ1v) is 10.2. The Hall–Kier alpha value is -2.21. The highest BCUT2D eigenvalue weighted by Crippen LogP contribution is 2.25. The number of pyridine rings is 1. The van der Waals surface area contributed by atoms with Gasteiger partial charge in [0.2, 0.25) is 5.91 Å². The van der Waals surface area contributed by atoms with E-state index in [4.69, 9.17) is 0 Å². The summed E-state index contributed by atoms with van der Waals surface area (Å²) in [5.41, 5.74) is 1.19. The minimum absolute atomic E-state index is 0.0567. The highest BCUT2D eigenvalue weighted by Gasteiger charge is 2.22. The maximum atomic E-state index is 13.0. The number of amides is 2. The molecule has 1 aliphatic rings. The Bertz CT molecular complexity index is 801. The van der Waals surface area contributed by atoms with Crippen LogP contribution in [-0.4, -0.2) is 23.3 Å². The number of rotatable bonds is 5. The summed E-state index contributed by atoms with van der Waals surface area (Å²) >= 11 is 3.36. The minimum Gasteiger partial charge on any atom is -0.326 e. The van der Waals surface area contributed by atoms with Gasteiger partial charge in [-0.1, -0.05) is 25.3 Å². The van der Waals surface area contributed by atoms with Crippen LogP contribution in [0.4, 0.5) is 11.5 Å². The van der Waals surface area contributed by atoms with E-state index in [0.29, 0.717) is 23.6 Å². The topological polar surface area (TPSA) is 62.3 Å². The van der Waals surface area contributed by atoms with Crippen LogP contribution in [-0.2, 0) is 4.79 Å². The maximum Gasteiger partial charge on any atom is 0.259 e. The zero-order valence-electron chi connectivity index (χ0n) is 15.5. The van der Waals surface area contributed by atoms with Gasteiger partial charge in [-0.15, -0.1) is 0 Å². The number of hydrogen-bond acceptors (Lipinski definition) is 3. The Morgan fingerprint density at radius 1 is 1.19 bits per heavy atom. The lowest BCUT2D eigenvalue weighted by molar-refractivity contribution is -0.120. The highest BCUT2D eigenvalue weighted by molar-refractivity contribution is 9.10. The molecule has 1 heterocycles. The van der Waals surface area contributed by atoms with Crippen LogP contribution in [0, 0.1) is 5.92 Å². The Kier molecular flexibility index (Phi) is 6.61. The molecule has 0 unspecified atom stereocenters. The molecule has 2 aromatic rings. The van der Waals surface area contributed by atoms with Gasteiger partial charge in [0.05, 0.1) is 0 Å². The van der Waals surface area contributed by atoms with Crippen molar-refractivity contribution in [1.29, 1.82) is 0 Å². The summed E-state index contributed by atoms with van der Waals surface area (Å²) < 4.78 is 0.863. The van der Waals surface area contributed by atoms with Gasteiger partial charge in [-0.05, 0) is 66.0 Å². The fourth-order valence-corrected chi connectivity index (χ4v) is 3.67. The van der Waals surface area contributed by atoms with E-state index >= 15 is 0 Å². The van der Waals surface area contributed by atoms with Crippen molar-refractivity contribution in [3.63, 3.8) is 0 Å². The lowest BCUT2D eigenvalue weighted by Crippen LogP contribution is -2.31. The SMILES string of the molecule is CCN(C(=O)c1cccc(NC(=O)C2CCCCC2)c1)c1ccc(Br)cn1. The van der Waals surface area contributed by atoms with Crippen molar-refractivity contribution in [3.8, 4) is 0 Å². The van der Waals surface area contributed by atoms with E-state index in [0.717, 1.165) is 30.2 Å². The lowest BCUT2D eigenvalue weighted by atomic mass is 9.88. The number of nitrogens with zero attached hydrogens (tertiary/aromatic N) is 2. The Morgan fingerprint density at radius 2 is 1.96 bits per heavy atom. The normalized spacial score (nSPS) is 14.6. The van der Waals surface area contributed by atoms with Crippen LogP contribution in [0.1, 0.15) is 49.4 Å². The average Bonchev–Trinajstić information content (AvgIpc) is 2.70. The number of benzene rings is 1. The molecule has 1 fully saturated rings. The van der Waals surface area contributed by atoms with Gasteiger partial charge in [-0.2, -0.15) is 0 Å². The molecule has 27 heavy (non-hydrogen) atoms. The molecule has 0 spiro atoms. The Morgan fingerprint density at radius 3 is 2.63 bits per heavy atom. The Balaban J connectivity index is 1.74. The molecule has 1 aromatic carbocycles. The quantitative estimate of drug-likeness (QED) is 0.724. The average molecular weight is 430 g/mol. The van der Waals surface area contributed by atoms with Crippen LogP contribution >= 0.6 is 15.9 Å². The van der Waals surface area contributed by atoms with Crippen molar-refractivity contribution in [2.75, 3.05) is 16.8 Å². The molecule has 3 rings (SSSR count). The van der Waals surface area contributed by atoms with Gasteiger partial charge in [0, 0.05) is 34.4 Å². The van der Waals surface area contributed by atoms with Crippen LogP contribution in [0.3, 0.4) is 0 Å². The molecule has 6 heteroatoms. The number of nitrogens with one attached hydrogen (secondary N) is 1. The van der Waals surface area contributed by atoms with Crippen LogP contribution in [0.2, 0.25) is 0 Å². The van der Waals surface area contributed by atoms with Gasteiger partial charge in [0.15, 0.2) is 0 Å². The van der Waals surface area contributed by atoms with E-state index in [1.54, 1.807) is 35.4 Å². The summed E-state index contributed by atoms with van der Waals surface area (Å²) in [6.07, 6.45) is 7.01. The molecular weight excluding hydrogens is 406 g/mol. The largest absolute Gasteiger partial charge is 0.326 e. The third kappa shape index (κ3) is 4.95. The first kappa shape index (κ1) is 19.5. The molecule has 0 radical (unpaired) electrons. The van der Waals surface area contributed by atoms with Gasteiger partial charge in [0.25, 0.3) is 5.91 Å². The zero-order chi connectivity index (χ0) is 19.2. The van der Waals surface area contributed by atoms with E-state index in [-0.39, 0.29) is 17.7 Å². The minimum atomic E-state index is -0.138. The third-order valence-corrected chi connectivity index (χ3v) is 5.37. The van der Waals surface area contributed by atoms with Crippen molar-refractivity contribution in [3.05, 3.63) is 52.6 Å². The second-order valence-corrected chi connectivity index (χ2v) is 7.70. The summed E-state index contributed by atoms with van der Waals surface area (Å²) in [5.74, 6) is 0.599. The van der Waals surface area contributed by atoms with Crippen LogP contribution in [0.5, 0.6) is 0 Å². The third-order valence-electron chi connectivity index (χ3n) is 4.90. The predicted octanol–water partition coefficient (Wildman–Crippen LogP) is 5.03.